The lowest BCUT2D eigenvalue weighted by atomic mass is 10.0. The number of halogens is 1. The molecule has 1 fully saturated rings. The molecule has 88 valence electrons. The molecule has 1 heterocycles. The van der Waals surface area contributed by atoms with Crippen molar-refractivity contribution in [2.24, 2.45) is 0 Å². The highest BCUT2D eigenvalue weighted by atomic mass is 79.9. The Bertz CT molecular complexity index is 376. The van der Waals surface area contributed by atoms with E-state index in [2.05, 4.69) is 34.2 Å². The molecule has 1 N–H and O–H groups in total. The molecule has 1 saturated heterocycles. The van der Waals surface area contributed by atoms with Gasteiger partial charge in [-0.2, -0.15) is 0 Å². The molecule has 0 bridgehead atoms. The topological polar surface area (TPSA) is 30.5 Å². The van der Waals surface area contributed by atoms with E-state index < -0.39 is 0 Å². The van der Waals surface area contributed by atoms with E-state index in [-0.39, 0.29) is 6.10 Å². The van der Waals surface area contributed by atoms with E-state index in [9.17, 15) is 0 Å². The Labute approximate surface area is 104 Å². The highest BCUT2D eigenvalue weighted by molar-refractivity contribution is 9.10. The third-order valence-electron chi connectivity index (χ3n) is 2.83. The van der Waals surface area contributed by atoms with Crippen LogP contribution in [0, 0.1) is 6.92 Å². The Hall–Kier alpha value is -0.580. The second-order valence-corrected chi connectivity index (χ2v) is 4.67. The molecule has 1 aromatic carbocycles. The van der Waals surface area contributed by atoms with Crippen LogP contribution in [0.15, 0.2) is 16.6 Å². The summed E-state index contributed by atoms with van der Waals surface area (Å²) in [6, 6.07) is 4.04. The number of nitrogens with one attached hydrogen (secondary N) is 1. The average Bonchev–Trinajstić information content (AvgIpc) is 2.31. The van der Waals surface area contributed by atoms with Crippen molar-refractivity contribution in [3.63, 3.8) is 0 Å². The average molecular weight is 286 g/mol. The third kappa shape index (κ3) is 2.24. The Balaban J connectivity index is 2.37. The maximum absolute atomic E-state index is 5.78. The molecular formula is C12H16BrNO2. The van der Waals surface area contributed by atoms with Gasteiger partial charge in [0.15, 0.2) is 0 Å². The molecule has 0 spiro atoms. The van der Waals surface area contributed by atoms with Crippen LogP contribution in [0.2, 0.25) is 0 Å². The monoisotopic (exact) mass is 285 g/mol. The van der Waals surface area contributed by atoms with Crippen LogP contribution in [0.3, 0.4) is 0 Å². The predicted octanol–water partition coefficient (Wildman–Crippen LogP) is 2.43. The quantitative estimate of drug-likeness (QED) is 0.905. The summed E-state index contributed by atoms with van der Waals surface area (Å²) < 4.78 is 12.1. The second kappa shape index (κ2) is 5.17. The lowest BCUT2D eigenvalue weighted by molar-refractivity contribution is 0.0267. The maximum Gasteiger partial charge on any atom is 0.133 e. The van der Waals surface area contributed by atoms with Gasteiger partial charge in [0.2, 0.25) is 0 Å². The van der Waals surface area contributed by atoms with Crippen molar-refractivity contribution in [3.05, 3.63) is 27.7 Å². The Morgan fingerprint density at radius 3 is 2.94 bits per heavy atom. The third-order valence-corrected chi connectivity index (χ3v) is 3.65. The SMILES string of the molecule is COc1ccc(C)c(C2CNCCO2)c1Br. The minimum absolute atomic E-state index is 0.109. The van der Waals surface area contributed by atoms with Crippen LogP contribution >= 0.6 is 15.9 Å². The maximum atomic E-state index is 5.78. The van der Waals surface area contributed by atoms with Gasteiger partial charge in [0.05, 0.1) is 24.3 Å². The van der Waals surface area contributed by atoms with Gasteiger partial charge >= 0.3 is 0 Å². The van der Waals surface area contributed by atoms with Gasteiger partial charge in [-0.1, -0.05) is 6.07 Å². The number of hydrogen-bond acceptors (Lipinski definition) is 3. The van der Waals surface area contributed by atoms with E-state index >= 15 is 0 Å². The van der Waals surface area contributed by atoms with E-state index in [4.69, 9.17) is 9.47 Å². The van der Waals surface area contributed by atoms with Crippen LogP contribution in [-0.4, -0.2) is 26.8 Å². The van der Waals surface area contributed by atoms with E-state index in [0.717, 1.165) is 29.9 Å². The summed E-state index contributed by atoms with van der Waals surface area (Å²) >= 11 is 3.60. The van der Waals surface area contributed by atoms with Gasteiger partial charge < -0.3 is 14.8 Å². The summed E-state index contributed by atoms with van der Waals surface area (Å²) in [6.07, 6.45) is 0.109. The number of rotatable bonds is 2. The van der Waals surface area contributed by atoms with Crippen molar-refractivity contribution in [2.75, 3.05) is 26.8 Å². The Morgan fingerprint density at radius 2 is 2.31 bits per heavy atom. The molecule has 4 heteroatoms. The Morgan fingerprint density at radius 1 is 1.50 bits per heavy atom. The second-order valence-electron chi connectivity index (χ2n) is 3.88. The molecule has 1 aromatic rings. The summed E-state index contributed by atoms with van der Waals surface area (Å²) in [4.78, 5) is 0. The van der Waals surface area contributed by atoms with Crippen molar-refractivity contribution >= 4 is 15.9 Å². The first-order chi connectivity index (χ1) is 7.74. The van der Waals surface area contributed by atoms with Crippen LogP contribution in [0.5, 0.6) is 5.75 Å². The fourth-order valence-electron chi connectivity index (χ4n) is 1.97. The highest BCUT2D eigenvalue weighted by Gasteiger charge is 2.22. The van der Waals surface area contributed by atoms with Crippen molar-refractivity contribution in [1.29, 1.82) is 0 Å². The molecule has 0 saturated carbocycles. The molecule has 1 atom stereocenters. The fourth-order valence-corrected chi connectivity index (χ4v) is 2.84. The number of benzene rings is 1. The van der Waals surface area contributed by atoms with E-state index in [0.29, 0.717) is 0 Å². The zero-order chi connectivity index (χ0) is 11.5. The minimum Gasteiger partial charge on any atom is -0.496 e. The minimum atomic E-state index is 0.109. The van der Waals surface area contributed by atoms with Gasteiger partial charge in [0.25, 0.3) is 0 Å². The fraction of sp³-hybridized carbons (Fsp3) is 0.500. The first kappa shape index (κ1) is 11.9. The van der Waals surface area contributed by atoms with Crippen LogP contribution in [0.25, 0.3) is 0 Å². The zero-order valence-corrected chi connectivity index (χ0v) is 11.1. The van der Waals surface area contributed by atoms with Crippen LogP contribution in [-0.2, 0) is 4.74 Å². The smallest absolute Gasteiger partial charge is 0.133 e. The molecule has 1 aliphatic rings. The van der Waals surface area contributed by atoms with Gasteiger partial charge in [-0.15, -0.1) is 0 Å². The summed E-state index contributed by atoms with van der Waals surface area (Å²) in [7, 11) is 1.68. The van der Waals surface area contributed by atoms with Crippen molar-refractivity contribution in [3.8, 4) is 5.75 Å². The van der Waals surface area contributed by atoms with Crippen molar-refractivity contribution in [1.82, 2.24) is 5.32 Å². The Kier molecular flexibility index (Phi) is 3.84. The molecule has 16 heavy (non-hydrogen) atoms. The summed E-state index contributed by atoms with van der Waals surface area (Å²) in [5.41, 5.74) is 2.41. The molecule has 0 aliphatic carbocycles. The zero-order valence-electron chi connectivity index (χ0n) is 9.55. The van der Waals surface area contributed by atoms with Gasteiger partial charge in [0, 0.05) is 18.7 Å². The number of ether oxygens (including phenoxy) is 2. The van der Waals surface area contributed by atoms with Crippen molar-refractivity contribution < 1.29 is 9.47 Å². The number of methoxy groups -OCH3 is 1. The number of aryl methyl sites for hydroxylation is 1. The predicted molar refractivity (Wildman–Crippen MR) is 67.0 cm³/mol. The molecular weight excluding hydrogens is 270 g/mol. The van der Waals surface area contributed by atoms with Gasteiger partial charge in [-0.05, 0) is 34.5 Å². The van der Waals surface area contributed by atoms with E-state index in [1.165, 1.54) is 11.1 Å². The van der Waals surface area contributed by atoms with Crippen LogP contribution in [0.1, 0.15) is 17.2 Å². The summed E-state index contributed by atoms with van der Waals surface area (Å²) in [5.74, 6) is 0.856. The normalized spacial score (nSPS) is 20.8. The number of morpholine rings is 1. The highest BCUT2D eigenvalue weighted by Crippen LogP contribution is 2.36. The number of hydrogen-bond donors (Lipinski definition) is 1. The summed E-state index contributed by atoms with van der Waals surface area (Å²) in [5, 5.41) is 3.34. The van der Waals surface area contributed by atoms with E-state index in [1.54, 1.807) is 7.11 Å². The molecule has 3 nitrogen and oxygen atoms in total. The molecule has 1 unspecified atom stereocenters. The molecule has 0 radical (unpaired) electrons. The molecule has 2 rings (SSSR count). The van der Waals surface area contributed by atoms with Gasteiger partial charge in [-0.25, -0.2) is 0 Å². The largest absolute Gasteiger partial charge is 0.496 e. The van der Waals surface area contributed by atoms with Gasteiger partial charge in [0.1, 0.15) is 5.75 Å². The lowest BCUT2D eigenvalue weighted by Crippen LogP contribution is -2.33. The first-order valence-corrected chi connectivity index (χ1v) is 6.18. The first-order valence-electron chi connectivity index (χ1n) is 5.39. The van der Waals surface area contributed by atoms with E-state index in [1.807, 2.05) is 6.07 Å². The van der Waals surface area contributed by atoms with Crippen molar-refractivity contribution in [2.45, 2.75) is 13.0 Å². The molecule has 1 aliphatic heterocycles. The summed E-state index contributed by atoms with van der Waals surface area (Å²) in [6.45, 7) is 4.63. The standard InChI is InChI=1S/C12H16BrNO2/c1-8-3-4-9(15-2)12(13)11(8)10-7-14-5-6-16-10/h3-4,10,14H,5-7H2,1-2H3. The van der Waals surface area contributed by atoms with Crippen LogP contribution < -0.4 is 10.1 Å². The van der Waals surface area contributed by atoms with Gasteiger partial charge in [-0.3, -0.25) is 0 Å². The van der Waals surface area contributed by atoms with Crippen LogP contribution in [0.4, 0.5) is 0 Å². The molecule has 0 amide bonds. The lowest BCUT2D eigenvalue weighted by Gasteiger charge is -2.26. The molecule has 0 aromatic heterocycles.